The summed E-state index contributed by atoms with van der Waals surface area (Å²) in [5, 5.41) is 14.9. The van der Waals surface area contributed by atoms with Gasteiger partial charge in [0.25, 0.3) is 0 Å². The van der Waals surface area contributed by atoms with Gasteiger partial charge in [0, 0.05) is 11.4 Å². The Balaban J connectivity index is 2.48. The van der Waals surface area contributed by atoms with Crippen LogP contribution < -0.4 is 5.32 Å². The second kappa shape index (κ2) is 5.04. The third-order valence-corrected chi connectivity index (χ3v) is 3.68. The standard InChI is InChI=1S/C12H16ClN5/c1-4-12(2,14-3)11-15-16-17-18(11)10-7-5-9(13)6-8-10/h5-8,14H,4H2,1-3H3/p+1/t12-/m0/s1. The van der Waals surface area contributed by atoms with Gasteiger partial charge in [0.2, 0.25) is 5.82 Å². The van der Waals surface area contributed by atoms with Crippen molar-refractivity contribution in [3.05, 3.63) is 35.1 Å². The van der Waals surface area contributed by atoms with Crippen molar-refractivity contribution in [2.45, 2.75) is 25.8 Å². The Morgan fingerprint density at radius 3 is 2.56 bits per heavy atom. The summed E-state index contributed by atoms with van der Waals surface area (Å²) in [4.78, 5) is 0. The number of hydrogen-bond acceptors (Lipinski definition) is 3. The van der Waals surface area contributed by atoms with E-state index < -0.39 is 0 Å². The molecule has 0 aliphatic rings. The Hall–Kier alpha value is -1.46. The van der Waals surface area contributed by atoms with Crippen LogP contribution in [0, 0.1) is 0 Å². The fourth-order valence-corrected chi connectivity index (χ4v) is 1.92. The highest BCUT2D eigenvalue weighted by molar-refractivity contribution is 6.30. The summed E-state index contributed by atoms with van der Waals surface area (Å²) in [6, 6.07) is 7.49. The Kier molecular flexibility index (Phi) is 3.63. The molecule has 5 nitrogen and oxygen atoms in total. The van der Waals surface area contributed by atoms with E-state index in [0.717, 1.165) is 17.9 Å². The van der Waals surface area contributed by atoms with Crippen LogP contribution in [0.4, 0.5) is 0 Å². The highest BCUT2D eigenvalue weighted by atomic mass is 35.5. The molecular weight excluding hydrogens is 250 g/mol. The third-order valence-electron chi connectivity index (χ3n) is 3.42. The highest BCUT2D eigenvalue weighted by Crippen LogP contribution is 2.20. The Bertz CT molecular complexity index is 516. The predicted octanol–water partition coefficient (Wildman–Crippen LogP) is 1.13. The number of quaternary nitrogens is 1. The lowest BCUT2D eigenvalue weighted by molar-refractivity contribution is -0.711. The molecule has 0 saturated heterocycles. The molecule has 1 aromatic heterocycles. The zero-order valence-corrected chi connectivity index (χ0v) is 11.5. The van der Waals surface area contributed by atoms with Crippen molar-refractivity contribution in [3.8, 4) is 5.69 Å². The van der Waals surface area contributed by atoms with Crippen molar-refractivity contribution in [1.82, 2.24) is 20.2 Å². The Morgan fingerprint density at radius 2 is 2.00 bits per heavy atom. The number of nitrogens with zero attached hydrogens (tertiary/aromatic N) is 4. The Morgan fingerprint density at radius 1 is 1.33 bits per heavy atom. The molecule has 0 unspecified atom stereocenters. The summed E-state index contributed by atoms with van der Waals surface area (Å²) in [5.74, 6) is 0.842. The van der Waals surface area contributed by atoms with Crippen molar-refractivity contribution in [2.24, 2.45) is 0 Å². The molecule has 1 heterocycles. The molecule has 18 heavy (non-hydrogen) atoms. The van der Waals surface area contributed by atoms with Gasteiger partial charge >= 0.3 is 0 Å². The first-order valence-corrected chi connectivity index (χ1v) is 6.34. The molecule has 96 valence electrons. The lowest BCUT2D eigenvalue weighted by Crippen LogP contribution is -2.91. The quantitative estimate of drug-likeness (QED) is 0.903. The Labute approximate surface area is 111 Å². The normalized spacial score (nSPS) is 14.4. The maximum Gasteiger partial charge on any atom is 0.216 e. The number of benzene rings is 1. The van der Waals surface area contributed by atoms with Crippen LogP contribution >= 0.6 is 11.6 Å². The number of aromatic nitrogens is 4. The number of tetrazole rings is 1. The van der Waals surface area contributed by atoms with E-state index in [1.54, 1.807) is 4.68 Å². The minimum atomic E-state index is -0.136. The second-order valence-corrected chi connectivity index (χ2v) is 4.89. The van der Waals surface area contributed by atoms with E-state index in [-0.39, 0.29) is 5.54 Å². The van der Waals surface area contributed by atoms with Crippen molar-refractivity contribution in [3.63, 3.8) is 0 Å². The molecule has 1 aromatic carbocycles. The van der Waals surface area contributed by atoms with E-state index in [1.807, 2.05) is 31.3 Å². The molecule has 2 aromatic rings. The molecule has 0 radical (unpaired) electrons. The highest BCUT2D eigenvalue weighted by Gasteiger charge is 2.33. The molecule has 0 aliphatic heterocycles. The van der Waals surface area contributed by atoms with Crippen molar-refractivity contribution in [1.29, 1.82) is 0 Å². The number of nitrogens with two attached hydrogens (primary N) is 1. The molecular formula is C12H17ClN5+. The molecule has 0 fully saturated rings. The average molecular weight is 267 g/mol. The van der Waals surface area contributed by atoms with E-state index >= 15 is 0 Å². The van der Waals surface area contributed by atoms with Gasteiger partial charge in [-0.15, -0.1) is 5.10 Å². The molecule has 1 atom stereocenters. The smallest absolute Gasteiger partial charge is 0.216 e. The van der Waals surface area contributed by atoms with Crippen LogP contribution in [0.15, 0.2) is 24.3 Å². The van der Waals surface area contributed by atoms with Gasteiger partial charge in [0.05, 0.1) is 12.7 Å². The zero-order valence-electron chi connectivity index (χ0n) is 10.8. The first-order valence-electron chi connectivity index (χ1n) is 5.96. The maximum absolute atomic E-state index is 5.89. The maximum atomic E-state index is 5.89. The SMILES string of the molecule is CC[C@](C)([NH2+]C)c1nnnn1-c1ccc(Cl)cc1. The van der Waals surface area contributed by atoms with Gasteiger partial charge in [0.15, 0.2) is 5.54 Å². The van der Waals surface area contributed by atoms with E-state index in [9.17, 15) is 0 Å². The summed E-state index contributed by atoms with van der Waals surface area (Å²) in [6.45, 7) is 4.26. The van der Waals surface area contributed by atoms with Crippen molar-refractivity contribution < 1.29 is 5.32 Å². The fraction of sp³-hybridized carbons (Fsp3) is 0.417. The topological polar surface area (TPSA) is 60.2 Å². The van der Waals surface area contributed by atoms with E-state index in [0.29, 0.717) is 5.02 Å². The first-order chi connectivity index (χ1) is 8.60. The largest absolute Gasteiger partial charge is 0.338 e. The van der Waals surface area contributed by atoms with E-state index in [1.165, 1.54) is 0 Å². The van der Waals surface area contributed by atoms with Crippen LogP contribution in [-0.4, -0.2) is 27.3 Å². The lowest BCUT2D eigenvalue weighted by atomic mass is 9.98. The van der Waals surface area contributed by atoms with E-state index in [2.05, 4.69) is 34.7 Å². The van der Waals surface area contributed by atoms with Gasteiger partial charge in [-0.1, -0.05) is 18.5 Å². The van der Waals surface area contributed by atoms with Gasteiger partial charge in [0.1, 0.15) is 0 Å². The summed E-state index contributed by atoms with van der Waals surface area (Å²) >= 11 is 5.89. The first kappa shape index (κ1) is 13.0. The van der Waals surface area contributed by atoms with Gasteiger partial charge in [-0.05, 0) is 41.6 Å². The number of hydrogen-bond donors (Lipinski definition) is 1. The van der Waals surface area contributed by atoms with Crippen molar-refractivity contribution in [2.75, 3.05) is 7.05 Å². The summed E-state index contributed by atoms with van der Waals surface area (Å²) in [6.07, 6.45) is 0.942. The number of rotatable bonds is 4. The monoisotopic (exact) mass is 266 g/mol. The molecule has 0 spiro atoms. The zero-order chi connectivity index (χ0) is 13.2. The van der Waals surface area contributed by atoms with Crippen LogP contribution in [0.2, 0.25) is 5.02 Å². The third kappa shape index (κ3) is 2.23. The summed E-state index contributed by atoms with van der Waals surface area (Å²) < 4.78 is 1.76. The second-order valence-electron chi connectivity index (χ2n) is 4.45. The minimum absolute atomic E-state index is 0.136. The molecule has 2 rings (SSSR count). The van der Waals surface area contributed by atoms with Crippen LogP contribution in [0.3, 0.4) is 0 Å². The average Bonchev–Trinajstić information content (AvgIpc) is 2.88. The lowest BCUT2D eigenvalue weighted by Gasteiger charge is -2.22. The van der Waals surface area contributed by atoms with Gasteiger partial charge in [-0.3, -0.25) is 0 Å². The molecule has 0 bridgehead atoms. The van der Waals surface area contributed by atoms with Crippen LogP contribution in [-0.2, 0) is 5.54 Å². The molecule has 0 aliphatic carbocycles. The molecule has 0 saturated carbocycles. The minimum Gasteiger partial charge on any atom is -0.338 e. The van der Waals surface area contributed by atoms with Gasteiger partial charge in [-0.2, -0.15) is 4.68 Å². The van der Waals surface area contributed by atoms with Gasteiger partial charge in [-0.25, -0.2) is 0 Å². The van der Waals surface area contributed by atoms with Crippen LogP contribution in [0.5, 0.6) is 0 Å². The molecule has 2 N–H and O–H groups in total. The van der Waals surface area contributed by atoms with E-state index in [4.69, 9.17) is 11.6 Å². The molecule has 0 amide bonds. The van der Waals surface area contributed by atoms with Crippen molar-refractivity contribution >= 4 is 11.6 Å². The van der Waals surface area contributed by atoms with Crippen LogP contribution in [0.25, 0.3) is 5.69 Å². The van der Waals surface area contributed by atoms with Gasteiger partial charge < -0.3 is 5.32 Å². The molecule has 6 heteroatoms. The number of halogens is 1. The predicted molar refractivity (Wildman–Crippen MR) is 69.7 cm³/mol. The fourth-order valence-electron chi connectivity index (χ4n) is 1.79. The summed E-state index contributed by atoms with van der Waals surface area (Å²) in [5.41, 5.74) is 0.782. The summed E-state index contributed by atoms with van der Waals surface area (Å²) in [7, 11) is 2.03. The van der Waals surface area contributed by atoms with Crippen LogP contribution in [0.1, 0.15) is 26.1 Å².